The lowest BCUT2D eigenvalue weighted by Crippen LogP contribution is -2.11. The Bertz CT molecular complexity index is 540. The standard InChI is InChI=1S/C11H16FN7/c1-3-4-13-11-15-5-8(12)10(17-11)14-6-9-18-16-7-19(9)2/h5,7H,3-4,6H2,1-2H3,(H2,13,14,15,17). The van der Waals surface area contributed by atoms with Gasteiger partial charge in [0, 0.05) is 13.6 Å². The average Bonchev–Trinajstić information content (AvgIpc) is 2.82. The van der Waals surface area contributed by atoms with E-state index in [1.165, 1.54) is 0 Å². The summed E-state index contributed by atoms with van der Waals surface area (Å²) in [6, 6.07) is 0. The minimum absolute atomic E-state index is 0.150. The Morgan fingerprint density at radius 1 is 1.37 bits per heavy atom. The van der Waals surface area contributed by atoms with Gasteiger partial charge in [0.05, 0.1) is 12.7 Å². The maximum absolute atomic E-state index is 13.6. The van der Waals surface area contributed by atoms with Crippen molar-refractivity contribution in [3.8, 4) is 0 Å². The van der Waals surface area contributed by atoms with Crippen LogP contribution in [-0.2, 0) is 13.6 Å². The summed E-state index contributed by atoms with van der Waals surface area (Å²) in [7, 11) is 1.82. The first kappa shape index (κ1) is 13.2. The molecule has 0 spiro atoms. The second-order valence-corrected chi connectivity index (χ2v) is 4.03. The van der Waals surface area contributed by atoms with Crippen molar-refractivity contribution in [2.24, 2.45) is 7.05 Å². The molecule has 0 aromatic carbocycles. The van der Waals surface area contributed by atoms with Gasteiger partial charge >= 0.3 is 0 Å². The fourth-order valence-electron chi connectivity index (χ4n) is 1.44. The lowest BCUT2D eigenvalue weighted by molar-refractivity contribution is 0.616. The van der Waals surface area contributed by atoms with Crippen molar-refractivity contribution in [3.63, 3.8) is 0 Å². The minimum Gasteiger partial charge on any atom is -0.360 e. The molecule has 0 atom stereocenters. The average molecular weight is 265 g/mol. The molecule has 0 saturated carbocycles. The Morgan fingerprint density at radius 2 is 2.21 bits per heavy atom. The van der Waals surface area contributed by atoms with E-state index < -0.39 is 5.82 Å². The van der Waals surface area contributed by atoms with Gasteiger partial charge in [-0.3, -0.25) is 0 Å². The summed E-state index contributed by atoms with van der Waals surface area (Å²) in [4.78, 5) is 7.94. The molecule has 2 rings (SSSR count). The third-order valence-electron chi connectivity index (χ3n) is 2.50. The van der Waals surface area contributed by atoms with E-state index in [2.05, 4.69) is 30.8 Å². The Labute approximate surface area is 110 Å². The largest absolute Gasteiger partial charge is 0.360 e. The van der Waals surface area contributed by atoms with E-state index in [1.54, 1.807) is 10.9 Å². The highest BCUT2D eigenvalue weighted by molar-refractivity contribution is 5.41. The Hall–Kier alpha value is -2.25. The summed E-state index contributed by atoms with van der Waals surface area (Å²) in [5.74, 6) is 0.755. The predicted molar refractivity (Wildman–Crippen MR) is 69.1 cm³/mol. The first-order valence-electron chi connectivity index (χ1n) is 6.04. The highest BCUT2D eigenvalue weighted by Gasteiger charge is 2.08. The molecule has 19 heavy (non-hydrogen) atoms. The van der Waals surface area contributed by atoms with E-state index >= 15 is 0 Å². The summed E-state index contributed by atoms with van der Waals surface area (Å²) >= 11 is 0. The van der Waals surface area contributed by atoms with Crippen LogP contribution in [0.15, 0.2) is 12.5 Å². The topological polar surface area (TPSA) is 80.5 Å². The molecule has 0 aliphatic heterocycles. The van der Waals surface area contributed by atoms with E-state index in [0.29, 0.717) is 18.3 Å². The lowest BCUT2D eigenvalue weighted by Gasteiger charge is -2.08. The molecule has 0 amide bonds. The van der Waals surface area contributed by atoms with Crippen molar-refractivity contribution < 1.29 is 4.39 Å². The van der Waals surface area contributed by atoms with Crippen LogP contribution in [0.3, 0.4) is 0 Å². The second kappa shape index (κ2) is 6.07. The molecule has 2 N–H and O–H groups in total. The number of hydrogen-bond acceptors (Lipinski definition) is 6. The summed E-state index contributed by atoms with van der Waals surface area (Å²) in [6.45, 7) is 3.12. The molecule has 8 heteroatoms. The maximum Gasteiger partial charge on any atom is 0.224 e. The molecule has 2 aromatic heterocycles. The Kier molecular flexibility index (Phi) is 4.22. The monoisotopic (exact) mass is 265 g/mol. The molecule has 0 radical (unpaired) electrons. The molecule has 0 unspecified atom stereocenters. The van der Waals surface area contributed by atoms with Crippen molar-refractivity contribution in [2.45, 2.75) is 19.9 Å². The van der Waals surface area contributed by atoms with Crippen LogP contribution in [0.5, 0.6) is 0 Å². The number of aromatic nitrogens is 5. The smallest absolute Gasteiger partial charge is 0.224 e. The van der Waals surface area contributed by atoms with Gasteiger partial charge < -0.3 is 15.2 Å². The molecule has 0 fully saturated rings. The summed E-state index contributed by atoms with van der Waals surface area (Å²) in [6.07, 6.45) is 3.67. The second-order valence-electron chi connectivity index (χ2n) is 4.03. The highest BCUT2D eigenvalue weighted by atomic mass is 19.1. The van der Waals surface area contributed by atoms with Crippen molar-refractivity contribution in [3.05, 3.63) is 24.2 Å². The van der Waals surface area contributed by atoms with Gasteiger partial charge in [-0.25, -0.2) is 9.37 Å². The molecule has 2 heterocycles. The van der Waals surface area contributed by atoms with E-state index in [9.17, 15) is 4.39 Å². The number of nitrogens with zero attached hydrogens (tertiary/aromatic N) is 5. The molecule has 7 nitrogen and oxygen atoms in total. The van der Waals surface area contributed by atoms with Crippen molar-refractivity contribution in [1.82, 2.24) is 24.7 Å². The van der Waals surface area contributed by atoms with Crippen LogP contribution in [-0.4, -0.2) is 31.3 Å². The predicted octanol–water partition coefficient (Wildman–Crippen LogP) is 1.18. The molecular formula is C11H16FN7. The van der Waals surface area contributed by atoms with E-state index in [-0.39, 0.29) is 5.82 Å². The summed E-state index contributed by atoms with van der Waals surface area (Å²) < 4.78 is 15.3. The molecule has 0 bridgehead atoms. The maximum atomic E-state index is 13.6. The number of anilines is 2. The zero-order valence-electron chi connectivity index (χ0n) is 10.9. The van der Waals surface area contributed by atoms with Crippen LogP contribution in [0, 0.1) is 5.82 Å². The SMILES string of the molecule is CCCNc1ncc(F)c(NCc2nncn2C)n1. The van der Waals surface area contributed by atoms with Crippen LogP contribution < -0.4 is 10.6 Å². The van der Waals surface area contributed by atoms with E-state index in [4.69, 9.17) is 0 Å². The minimum atomic E-state index is -0.496. The van der Waals surface area contributed by atoms with Gasteiger partial charge in [0.1, 0.15) is 6.33 Å². The van der Waals surface area contributed by atoms with Gasteiger partial charge in [-0.15, -0.1) is 10.2 Å². The number of hydrogen-bond donors (Lipinski definition) is 2. The van der Waals surface area contributed by atoms with Gasteiger partial charge in [0.25, 0.3) is 0 Å². The van der Waals surface area contributed by atoms with Crippen LogP contribution in [0.1, 0.15) is 19.2 Å². The van der Waals surface area contributed by atoms with Crippen molar-refractivity contribution >= 4 is 11.8 Å². The number of nitrogens with one attached hydrogen (secondary N) is 2. The van der Waals surface area contributed by atoms with Gasteiger partial charge in [-0.1, -0.05) is 6.92 Å². The Balaban J connectivity index is 2.04. The van der Waals surface area contributed by atoms with Crippen LogP contribution >= 0.6 is 0 Å². The quantitative estimate of drug-likeness (QED) is 0.816. The zero-order valence-corrected chi connectivity index (χ0v) is 10.9. The highest BCUT2D eigenvalue weighted by Crippen LogP contribution is 2.12. The van der Waals surface area contributed by atoms with Gasteiger partial charge in [0.15, 0.2) is 17.5 Å². The third kappa shape index (κ3) is 3.36. The van der Waals surface area contributed by atoms with Crippen LogP contribution in [0.2, 0.25) is 0 Å². The zero-order chi connectivity index (χ0) is 13.7. The van der Waals surface area contributed by atoms with Crippen molar-refractivity contribution in [2.75, 3.05) is 17.2 Å². The number of aryl methyl sites for hydroxylation is 1. The molecule has 2 aromatic rings. The van der Waals surface area contributed by atoms with Gasteiger partial charge in [-0.05, 0) is 6.42 Å². The molecule has 0 aliphatic rings. The summed E-state index contributed by atoms with van der Waals surface area (Å²) in [5.41, 5.74) is 0. The van der Waals surface area contributed by atoms with Crippen LogP contribution in [0.4, 0.5) is 16.2 Å². The molecule has 102 valence electrons. The molecule has 0 aliphatic carbocycles. The third-order valence-corrected chi connectivity index (χ3v) is 2.50. The summed E-state index contributed by atoms with van der Waals surface area (Å²) in [5, 5.41) is 13.5. The normalized spacial score (nSPS) is 10.5. The number of rotatable bonds is 6. The molecule has 0 saturated heterocycles. The first-order valence-corrected chi connectivity index (χ1v) is 6.04. The fourth-order valence-corrected chi connectivity index (χ4v) is 1.44. The van der Waals surface area contributed by atoms with Crippen molar-refractivity contribution in [1.29, 1.82) is 0 Å². The van der Waals surface area contributed by atoms with E-state index in [1.807, 2.05) is 14.0 Å². The van der Waals surface area contributed by atoms with Crippen LogP contribution in [0.25, 0.3) is 0 Å². The lowest BCUT2D eigenvalue weighted by atomic mass is 10.5. The number of halogens is 1. The van der Waals surface area contributed by atoms with Gasteiger partial charge in [0.2, 0.25) is 5.95 Å². The molecular weight excluding hydrogens is 249 g/mol. The fraction of sp³-hybridized carbons (Fsp3) is 0.455. The van der Waals surface area contributed by atoms with Gasteiger partial charge in [-0.2, -0.15) is 4.98 Å². The Morgan fingerprint density at radius 3 is 2.89 bits per heavy atom. The van der Waals surface area contributed by atoms with E-state index in [0.717, 1.165) is 19.2 Å². The first-order chi connectivity index (χ1) is 9.20.